The first-order valence-corrected chi connectivity index (χ1v) is 11.7. The van der Waals surface area contributed by atoms with Gasteiger partial charge in [-0.25, -0.2) is 19.7 Å². The van der Waals surface area contributed by atoms with Crippen LogP contribution in [0.3, 0.4) is 0 Å². The largest absolute Gasteiger partial charge is 0.378 e. The maximum absolute atomic E-state index is 12.8. The molecule has 8 nitrogen and oxygen atoms in total. The Kier molecular flexibility index (Phi) is 5.92. The molecule has 1 fully saturated rings. The molecule has 34 heavy (non-hydrogen) atoms. The van der Waals surface area contributed by atoms with Crippen LogP contribution < -0.4 is 5.32 Å². The molecule has 0 bridgehead atoms. The zero-order valence-electron chi connectivity index (χ0n) is 18.8. The molecular formula is C25H22N6O2S. The molecule has 170 valence electrons. The molecule has 2 amide bonds. The minimum Gasteiger partial charge on any atom is -0.378 e. The number of benzene rings is 2. The van der Waals surface area contributed by atoms with Crippen LogP contribution >= 0.6 is 11.3 Å². The van der Waals surface area contributed by atoms with E-state index in [9.17, 15) is 10.1 Å². The molecule has 2 aromatic carbocycles. The van der Waals surface area contributed by atoms with Gasteiger partial charge in [0.25, 0.3) is 0 Å². The summed E-state index contributed by atoms with van der Waals surface area (Å²) in [7, 11) is 0. The Balaban J connectivity index is 1.59. The molecule has 1 saturated heterocycles. The quantitative estimate of drug-likeness (QED) is 0.462. The van der Waals surface area contributed by atoms with Gasteiger partial charge in [-0.05, 0) is 43.7 Å². The number of aromatic nitrogens is 3. The van der Waals surface area contributed by atoms with E-state index in [1.165, 1.54) is 11.3 Å². The lowest BCUT2D eigenvalue weighted by Crippen LogP contribution is -2.43. The molecule has 0 unspecified atom stereocenters. The van der Waals surface area contributed by atoms with Crippen molar-refractivity contribution < 1.29 is 9.53 Å². The summed E-state index contributed by atoms with van der Waals surface area (Å²) >= 11 is 1.41. The van der Waals surface area contributed by atoms with Crippen LogP contribution in [0.1, 0.15) is 17.1 Å². The Hall–Kier alpha value is -3.87. The first-order valence-electron chi connectivity index (χ1n) is 10.9. The highest BCUT2D eigenvalue weighted by Gasteiger charge is 2.21. The molecule has 3 heterocycles. The first-order chi connectivity index (χ1) is 16.5. The van der Waals surface area contributed by atoms with Gasteiger partial charge >= 0.3 is 6.03 Å². The fourth-order valence-corrected chi connectivity index (χ4v) is 4.98. The van der Waals surface area contributed by atoms with E-state index in [1.54, 1.807) is 11.0 Å². The molecule has 1 N–H and O–H groups in total. The van der Waals surface area contributed by atoms with Gasteiger partial charge in [0.15, 0.2) is 5.13 Å². The number of rotatable bonds is 3. The van der Waals surface area contributed by atoms with Gasteiger partial charge in [-0.15, -0.1) is 0 Å². The average molecular weight is 471 g/mol. The van der Waals surface area contributed by atoms with Crippen LogP contribution in [-0.4, -0.2) is 52.2 Å². The summed E-state index contributed by atoms with van der Waals surface area (Å²) in [5.41, 5.74) is 4.81. The second-order valence-corrected chi connectivity index (χ2v) is 9.01. The molecule has 1 aliphatic heterocycles. The second-order valence-electron chi connectivity index (χ2n) is 8.01. The highest BCUT2D eigenvalue weighted by Crippen LogP contribution is 2.40. The lowest BCUT2D eigenvalue weighted by atomic mass is 10.0. The molecule has 2 aromatic heterocycles. The lowest BCUT2D eigenvalue weighted by Gasteiger charge is -2.26. The fraction of sp³-hybridized carbons (Fsp3) is 0.240. The fourth-order valence-electron chi connectivity index (χ4n) is 4.00. The SMILES string of the molecule is Cc1nc(C)c2cc(-c3sc(NC(=O)N4CCOCC4)nc3-c3cccc(C#N)c3)ccc2n1. The van der Waals surface area contributed by atoms with Crippen molar-refractivity contribution in [1.82, 2.24) is 19.9 Å². The monoisotopic (exact) mass is 470 g/mol. The smallest absolute Gasteiger partial charge is 0.323 e. The van der Waals surface area contributed by atoms with Crippen molar-refractivity contribution in [3.63, 3.8) is 0 Å². The van der Waals surface area contributed by atoms with Crippen LogP contribution in [0.15, 0.2) is 42.5 Å². The van der Waals surface area contributed by atoms with Crippen LogP contribution in [0, 0.1) is 25.2 Å². The Morgan fingerprint density at radius 1 is 1.09 bits per heavy atom. The van der Waals surface area contributed by atoms with Crippen LogP contribution in [-0.2, 0) is 4.74 Å². The molecule has 0 spiro atoms. The van der Waals surface area contributed by atoms with E-state index in [4.69, 9.17) is 9.72 Å². The molecule has 0 radical (unpaired) electrons. The van der Waals surface area contributed by atoms with Gasteiger partial charge < -0.3 is 9.64 Å². The predicted molar refractivity (Wildman–Crippen MR) is 132 cm³/mol. The summed E-state index contributed by atoms with van der Waals surface area (Å²) in [6, 6.07) is 15.4. The number of urea groups is 1. The Labute approximate surface area is 200 Å². The predicted octanol–water partition coefficient (Wildman–Crippen LogP) is 4.77. The third kappa shape index (κ3) is 4.33. The highest BCUT2D eigenvalue weighted by atomic mass is 32.1. The van der Waals surface area contributed by atoms with Gasteiger partial charge in [-0.2, -0.15) is 5.26 Å². The van der Waals surface area contributed by atoms with Gasteiger partial charge in [0, 0.05) is 29.7 Å². The maximum atomic E-state index is 12.8. The molecular weight excluding hydrogens is 448 g/mol. The Bertz CT molecular complexity index is 1440. The van der Waals surface area contributed by atoms with Crippen molar-refractivity contribution in [2.75, 3.05) is 31.6 Å². The molecule has 0 aliphatic carbocycles. The summed E-state index contributed by atoms with van der Waals surface area (Å²) in [5.74, 6) is 0.734. The van der Waals surface area contributed by atoms with E-state index < -0.39 is 0 Å². The Morgan fingerprint density at radius 3 is 2.71 bits per heavy atom. The number of thiazole rings is 1. The summed E-state index contributed by atoms with van der Waals surface area (Å²) in [4.78, 5) is 29.2. The number of nitrogens with one attached hydrogen (secondary N) is 1. The molecule has 5 rings (SSSR count). The molecule has 0 atom stereocenters. The van der Waals surface area contributed by atoms with Gasteiger partial charge in [0.05, 0.1) is 40.9 Å². The minimum atomic E-state index is -0.195. The topological polar surface area (TPSA) is 104 Å². The number of hydrogen-bond donors (Lipinski definition) is 1. The van der Waals surface area contributed by atoms with Crippen molar-refractivity contribution in [2.24, 2.45) is 0 Å². The maximum Gasteiger partial charge on any atom is 0.323 e. The van der Waals surface area contributed by atoms with E-state index in [2.05, 4.69) is 27.4 Å². The zero-order chi connectivity index (χ0) is 23.7. The standard InChI is InChI=1S/C25H22N6O2S/c1-15-20-13-19(6-7-21(20)28-16(2)27-15)23-22(18-5-3-4-17(12-18)14-26)29-24(34-23)30-25(32)31-8-10-33-11-9-31/h3-7,12-13H,8-11H2,1-2H3,(H,29,30,32). The number of carbonyl (C=O) groups is 1. The van der Waals surface area contributed by atoms with Gasteiger partial charge in [0.1, 0.15) is 5.82 Å². The molecule has 1 aliphatic rings. The number of ether oxygens (including phenoxy) is 1. The van der Waals surface area contributed by atoms with Crippen molar-refractivity contribution in [1.29, 1.82) is 5.26 Å². The summed E-state index contributed by atoms with van der Waals surface area (Å²) in [6.07, 6.45) is 0. The summed E-state index contributed by atoms with van der Waals surface area (Å²) in [6.45, 7) is 6.00. The van der Waals surface area contributed by atoms with Crippen molar-refractivity contribution in [3.05, 3.63) is 59.5 Å². The number of morpholine rings is 1. The third-order valence-electron chi connectivity index (χ3n) is 5.66. The van der Waals surface area contributed by atoms with E-state index in [1.807, 2.05) is 44.2 Å². The zero-order valence-corrected chi connectivity index (χ0v) is 19.6. The number of aryl methyl sites for hydroxylation is 2. The first kappa shape index (κ1) is 21.9. The number of nitriles is 1. The lowest BCUT2D eigenvalue weighted by molar-refractivity contribution is 0.0564. The molecule has 0 saturated carbocycles. The number of fused-ring (bicyclic) bond motifs is 1. The number of nitrogens with zero attached hydrogens (tertiary/aromatic N) is 5. The van der Waals surface area contributed by atoms with Crippen LogP contribution in [0.2, 0.25) is 0 Å². The van der Waals surface area contributed by atoms with Crippen molar-refractivity contribution >= 4 is 33.4 Å². The van der Waals surface area contributed by atoms with E-state index in [0.717, 1.165) is 38.4 Å². The van der Waals surface area contributed by atoms with Gasteiger partial charge in [0.2, 0.25) is 0 Å². The number of anilines is 1. The second kappa shape index (κ2) is 9.17. The normalized spacial score (nSPS) is 13.6. The van der Waals surface area contributed by atoms with E-state index >= 15 is 0 Å². The van der Waals surface area contributed by atoms with Crippen LogP contribution in [0.25, 0.3) is 32.6 Å². The number of amides is 2. The average Bonchev–Trinajstić information content (AvgIpc) is 3.28. The van der Waals surface area contributed by atoms with E-state index in [0.29, 0.717) is 42.7 Å². The molecule has 9 heteroatoms. The minimum absolute atomic E-state index is 0.195. The summed E-state index contributed by atoms with van der Waals surface area (Å²) < 4.78 is 5.34. The van der Waals surface area contributed by atoms with E-state index in [-0.39, 0.29) is 6.03 Å². The van der Waals surface area contributed by atoms with Crippen molar-refractivity contribution in [2.45, 2.75) is 13.8 Å². The van der Waals surface area contributed by atoms with Gasteiger partial charge in [-0.1, -0.05) is 29.5 Å². The number of hydrogen-bond acceptors (Lipinski definition) is 7. The third-order valence-corrected chi connectivity index (χ3v) is 6.68. The van der Waals surface area contributed by atoms with Crippen LogP contribution in [0.4, 0.5) is 9.93 Å². The highest BCUT2D eigenvalue weighted by molar-refractivity contribution is 7.19. The van der Waals surface area contributed by atoms with Crippen LogP contribution in [0.5, 0.6) is 0 Å². The molecule has 4 aromatic rings. The number of carbonyl (C=O) groups excluding carboxylic acids is 1. The van der Waals surface area contributed by atoms with Crippen molar-refractivity contribution in [3.8, 4) is 27.8 Å². The summed E-state index contributed by atoms with van der Waals surface area (Å²) in [5, 5.41) is 13.8. The van der Waals surface area contributed by atoms with Gasteiger partial charge in [-0.3, -0.25) is 5.32 Å². The Morgan fingerprint density at radius 2 is 1.91 bits per heavy atom.